The van der Waals surface area contributed by atoms with Crippen molar-refractivity contribution in [2.75, 3.05) is 13.2 Å². The van der Waals surface area contributed by atoms with Crippen LogP contribution in [0.25, 0.3) is 0 Å². The quantitative estimate of drug-likeness (QED) is 0.134. The lowest BCUT2D eigenvalue weighted by Crippen LogP contribution is -2.65. The second-order valence-electron chi connectivity index (χ2n) is 12.4. The number of carbonyl (C=O) groups is 4. The molecule has 7 nitrogen and oxygen atoms in total. The molecule has 2 bridgehead atoms. The summed E-state index contributed by atoms with van der Waals surface area (Å²) in [7, 11) is 0. The van der Waals surface area contributed by atoms with Gasteiger partial charge in [0, 0.05) is 11.5 Å². The van der Waals surface area contributed by atoms with Gasteiger partial charge in [-0.15, -0.1) is 0 Å². The van der Waals surface area contributed by atoms with Crippen molar-refractivity contribution in [2.24, 2.45) is 51.8 Å². The summed E-state index contributed by atoms with van der Waals surface area (Å²) in [6.45, 7) is 12.1. The molecular weight excluding hydrogens is 460 g/mol. The van der Waals surface area contributed by atoms with Crippen LogP contribution in [-0.2, 0) is 33.4 Å². The summed E-state index contributed by atoms with van der Waals surface area (Å²) >= 11 is 0. The Morgan fingerprint density at radius 2 is 1.83 bits per heavy atom. The molecule has 8 atom stereocenters. The molecule has 6 aliphatic rings. The molecule has 196 valence electrons. The molecular formula is C29H38O7. The van der Waals surface area contributed by atoms with Crippen molar-refractivity contribution in [3.63, 3.8) is 0 Å². The average Bonchev–Trinajstić information content (AvgIpc) is 3.16. The van der Waals surface area contributed by atoms with E-state index in [4.69, 9.17) is 14.2 Å². The molecule has 5 aliphatic carbocycles. The van der Waals surface area contributed by atoms with Crippen LogP contribution in [0.2, 0.25) is 0 Å². The van der Waals surface area contributed by atoms with Crippen LogP contribution in [0.5, 0.6) is 0 Å². The van der Waals surface area contributed by atoms with Crippen molar-refractivity contribution in [1.29, 1.82) is 0 Å². The number of fused-ring (bicyclic) bond motifs is 1. The van der Waals surface area contributed by atoms with Crippen LogP contribution >= 0.6 is 0 Å². The van der Waals surface area contributed by atoms with Crippen LogP contribution in [0.3, 0.4) is 0 Å². The highest BCUT2D eigenvalue weighted by Gasteiger charge is 2.73. The standard InChI is InChI=1S/C29H38O7/c1-6-21(30)34-12-13-35-26(33)28(5)10-7-9-27(4)19(28)8-11-29-15-18(16(2)3)17(14-20(27)29)22-23(29)25(32)36-24(22)31/h6,15-17,19-20,22-23H,1,7-14H2,2-5H3/t17?,19-,20-,22?,23?,27+,28-,29-/m1/s1. The second-order valence-corrected chi connectivity index (χ2v) is 12.4. The molecule has 7 heteroatoms. The van der Waals surface area contributed by atoms with Crippen LogP contribution in [0.1, 0.15) is 66.2 Å². The van der Waals surface area contributed by atoms with Crippen molar-refractivity contribution in [2.45, 2.75) is 66.2 Å². The van der Waals surface area contributed by atoms with Gasteiger partial charge in [-0.05, 0) is 68.1 Å². The van der Waals surface area contributed by atoms with Gasteiger partial charge >= 0.3 is 23.9 Å². The van der Waals surface area contributed by atoms with Gasteiger partial charge in [-0.2, -0.15) is 0 Å². The lowest BCUT2D eigenvalue weighted by Gasteiger charge is -2.68. The predicted octanol–water partition coefficient (Wildman–Crippen LogP) is 4.40. The number of hydrogen-bond donors (Lipinski definition) is 0. The zero-order valence-corrected chi connectivity index (χ0v) is 21.8. The summed E-state index contributed by atoms with van der Waals surface area (Å²) in [6.07, 6.45) is 8.53. The van der Waals surface area contributed by atoms with E-state index in [0.717, 1.165) is 44.6 Å². The Morgan fingerprint density at radius 1 is 1.11 bits per heavy atom. The minimum absolute atomic E-state index is 0.00397. The third-order valence-corrected chi connectivity index (χ3v) is 10.6. The zero-order valence-electron chi connectivity index (χ0n) is 21.8. The normalized spacial score (nSPS) is 42.6. The van der Waals surface area contributed by atoms with Gasteiger partial charge in [0.25, 0.3) is 0 Å². The van der Waals surface area contributed by atoms with Gasteiger partial charge in [0.1, 0.15) is 13.2 Å². The molecule has 1 heterocycles. The molecule has 0 N–H and O–H groups in total. The maximum Gasteiger partial charge on any atom is 0.330 e. The maximum absolute atomic E-state index is 13.5. The lowest BCUT2D eigenvalue weighted by atomic mass is 9.34. The largest absolute Gasteiger partial charge is 0.462 e. The number of hydrogen-bond acceptors (Lipinski definition) is 7. The Balaban J connectivity index is 1.45. The lowest BCUT2D eigenvalue weighted by molar-refractivity contribution is -0.199. The van der Waals surface area contributed by atoms with Gasteiger partial charge < -0.3 is 14.2 Å². The number of cyclic esters (lactones) is 2. The number of carbonyl (C=O) groups excluding carboxylic acids is 4. The fourth-order valence-corrected chi connectivity index (χ4v) is 9.25. The highest BCUT2D eigenvalue weighted by molar-refractivity contribution is 5.98. The van der Waals surface area contributed by atoms with E-state index in [-0.39, 0.29) is 60.2 Å². The summed E-state index contributed by atoms with van der Waals surface area (Å²) in [5.74, 6) is -1.60. The Kier molecular flexibility index (Phi) is 6.00. The molecule has 3 saturated carbocycles. The Morgan fingerprint density at radius 3 is 2.53 bits per heavy atom. The van der Waals surface area contributed by atoms with Crippen molar-refractivity contribution in [3.8, 4) is 0 Å². The molecule has 1 aliphatic heterocycles. The fourth-order valence-electron chi connectivity index (χ4n) is 9.25. The summed E-state index contributed by atoms with van der Waals surface area (Å²) in [6, 6.07) is 0. The van der Waals surface area contributed by atoms with Gasteiger partial charge in [0.05, 0.1) is 17.3 Å². The first kappa shape index (κ1) is 25.2. The molecule has 1 spiro atoms. The molecule has 6 rings (SSSR count). The number of esters is 4. The molecule has 0 amide bonds. The summed E-state index contributed by atoms with van der Waals surface area (Å²) in [5, 5.41) is 0. The zero-order chi connectivity index (χ0) is 26.0. The predicted molar refractivity (Wildman–Crippen MR) is 130 cm³/mol. The van der Waals surface area contributed by atoms with E-state index in [1.807, 2.05) is 6.92 Å². The second kappa shape index (κ2) is 8.56. The maximum atomic E-state index is 13.5. The molecule has 0 aromatic carbocycles. The van der Waals surface area contributed by atoms with Crippen LogP contribution < -0.4 is 0 Å². The van der Waals surface area contributed by atoms with Crippen LogP contribution in [0.15, 0.2) is 24.3 Å². The van der Waals surface area contributed by atoms with Crippen molar-refractivity contribution < 1.29 is 33.4 Å². The van der Waals surface area contributed by atoms with E-state index in [1.54, 1.807) is 0 Å². The smallest absolute Gasteiger partial charge is 0.330 e. The summed E-state index contributed by atoms with van der Waals surface area (Å²) < 4.78 is 15.9. The van der Waals surface area contributed by atoms with Crippen molar-refractivity contribution >= 4 is 23.9 Å². The molecule has 4 fully saturated rings. The van der Waals surface area contributed by atoms with Crippen LogP contribution in [-0.4, -0.2) is 37.1 Å². The first-order valence-corrected chi connectivity index (χ1v) is 13.4. The monoisotopic (exact) mass is 498 g/mol. The van der Waals surface area contributed by atoms with Gasteiger partial charge in [0.15, 0.2) is 0 Å². The van der Waals surface area contributed by atoms with Gasteiger partial charge in [-0.1, -0.05) is 45.4 Å². The number of allylic oxidation sites excluding steroid dienone is 2. The SMILES string of the molecule is C=CC(=O)OCCOC(=O)[C@]1(C)CCC[C@@]2(C)[C@H]1CC[C@@]13C=C(C(C)C)C(C[C@H]21)C1C(=O)OC(=O)C13. The molecule has 0 aromatic rings. The van der Waals surface area contributed by atoms with Crippen molar-refractivity contribution in [3.05, 3.63) is 24.3 Å². The van der Waals surface area contributed by atoms with E-state index >= 15 is 0 Å². The van der Waals surface area contributed by atoms with E-state index in [1.165, 1.54) is 5.57 Å². The minimum atomic E-state index is -0.649. The van der Waals surface area contributed by atoms with Crippen molar-refractivity contribution in [1.82, 2.24) is 0 Å². The molecule has 0 radical (unpaired) electrons. The van der Waals surface area contributed by atoms with Crippen LogP contribution in [0, 0.1) is 51.8 Å². The molecule has 0 aromatic heterocycles. The summed E-state index contributed by atoms with van der Waals surface area (Å²) in [5.41, 5.74) is 0.0970. The van der Waals surface area contributed by atoms with E-state index in [2.05, 4.69) is 33.4 Å². The Bertz CT molecular complexity index is 1040. The fraction of sp³-hybridized carbons (Fsp3) is 0.724. The highest BCUT2D eigenvalue weighted by Crippen LogP contribution is 2.74. The first-order valence-electron chi connectivity index (χ1n) is 13.4. The van der Waals surface area contributed by atoms with E-state index in [9.17, 15) is 19.2 Å². The van der Waals surface area contributed by atoms with Crippen LogP contribution in [0.4, 0.5) is 0 Å². The van der Waals surface area contributed by atoms with E-state index < -0.39 is 22.7 Å². The first-order chi connectivity index (χ1) is 17.0. The van der Waals surface area contributed by atoms with E-state index in [0.29, 0.717) is 5.92 Å². The number of rotatable bonds is 6. The highest BCUT2D eigenvalue weighted by atomic mass is 16.6. The minimum Gasteiger partial charge on any atom is -0.462 e. The third-order valence-electron chi connectivity index (χ3n) is 10.6. The number of ether oxygens (including phenoxy) is 3. The summed E-state index contributed by atoms with van der Waals surface area (Å²) in [4.78, 5) is 50.6. The third kappa shape index (κ3) is 3.37. The molecule has 36 heavy (non-hydrogen) atoms. The van der Waals surface area contributed by atoms with Gasteiger partial charge in [-0.3, -0.25) is 14.4 Å². The molecule has 3 unspecified atom stereocenters. The topological polar surface area (TPSA) is 96.0 Å². The average molecular weight is 499 g/mol. The van der Waals surface area contributed by atoms with Gasteiger partial charge in [0.2, 0.25) is 0 Å². The Hall–Kier alpha value is -2.44. The molecule has 1 saturated heterocycles. The van der Waals surface area contributed by atoms with Gasteiger partial charge in [-0.25, -0.2) is 4.79 Å². The Labute approximate surface area is 213 Å².